The van der Waals surface area contributed by atoms with Gasteiger partial charge in [0.25, 0.3) is 5.56 Å². The Bertz CT molecular complexity index is 720. The van der Waals surface area contributed by atoms with Gasteiger partial charge < -0.3 is 25.7 Å². The zero-order chi connectivity index (χ0) is 14.9. The van der Waals surface area contributed by atoms with Gasteiger partial charge in [0.15, 0.2) is 11.2 Å². The molecule has 2 aromatic rings. The van der Waals surface area contributed by atoms with E-state index in [1.54, 1.807) is 0 Å². The Morgan fingerprint density at radius 2 is 2.05 bits per heavy atom. The van der Waals surface area contributed by atoms with Gasteiger partial charge in [-0.25, -0.2) is 9.97 Å². The maximum Gasteiger partial charge on any atom is 0.278 e. The molecule has 0 aliphatic rings. The van der Waals surface area contributed by atoms with E-state index >= 15 is 0 Å². The third-order valence-electron chi connectivity index (χ3n) is 2.71. The summed E-state index contributed by atoms with van der Waals surface area (Å²) >= 11 is 0. The molecule has 0 aromatic carbocycles. The predicted molar refractivity (Wildman–Crippen MR) is 68.1 cm³/mol. The third kappa shape index (κ3) is 2.22. The fraction of sp³-hybridized carbons (Fsp3) is 0.300. The highest BCUT2D eigenvalue weighted by molar-refractivity contribution is 5.98. The third-order valence-corrected chi connectivity index (χ3v) is 2.71. The highest BCUT2D eigenvalue weighted by atomic mass is 16.3. The zero-order valence-electron chi connectivity index (χ0n) is 10.1. The Morgan fingerprint density at radius 3 is 2.70 bits per heavy atom. The summed E-state index contributed by atoms with van der Waals surface area (Å²) in [6, 6.07) is 0. The molecule has 2 atom stereocenters. The highest BCUT2D eigenvalue weighted by Crippen LogP contribution is 2.07. The molecular formula is C10H12N6O4. The van der Waals surface area contributed by atoms with Crippen LogP contribution in [0.2, 0.25) is 0 Å². The fourth-order valence-corrected chi connectivity index (χ4v) is 1.60. The Kier molecular flexibility index (Phi) is 3.70. The van der Waals surface area contributed by atoms with E-state index in [1.807, 2.05) is 0 Å². The Balaban J connectivity index is 2.39. The lowest BCUT2D eigenvalue weighted by Crippen LogP contribution is -2.42. The van der Waals surface area contributed by atoms with Crippen LogP contribution in [-0.4, -0.2) is 65.2 Å². The van der Waals surface area contributed by atoms with E-state index in [-0.39, 0.29) is 11.2 Å². The monoisotopic (exact) mass is 280 g/mol. The van der Waals surface area contributed by atoms with E-state index in [0.29, 0.717) is 0 Å². The van der Waals surface area contributed by atoms with Gasteiger partial charge >= 0.3 is 0 Å². The standard InChI is InChI=1S/C10H12N6O4/c11-4(1-17)6(18)7(19)8(12)16-3-15-5-9(16)13-2-14-10(5)20/h2-3,6-7,11-12,17-19H,1H2,(H,13,14,20)/t6-,7-/m0/s1. The first-order valence-electron chi connectivity index (χ1n) is 5.51. The number of nitrogens with one attached hydrogen (secondary N) is 3. The van der Waals surface area contributed by atoms with Crippen LogP contribution in [-0.2, 0) is 0 Å². The first-order valence-corrected chi connectivity index (χ1v) is 5.51. The number of hydrogen-bond donors (Lipinski definition) is 6. The van der Waals surface area contributed by atoms with Crippen molar-refractivity contribution >= 4 is 22.7 Å². The minimum atomic E-state index is -1.76. The molecule has 2 aromatic heterocycles. The summed E-state index contributed by atoms with van der Waals surface area (Å²) in [7, 11) is 0. The van der Waals surface area contributed by atoms with Crippen molar-refractivity contribution in [2.24, 2.45) is 0 Å². The summed E-state index contributed by atoms with van der Waals surface area (Å²) in [5, 5.41) is 43.1. The molecule has 10 nitrogen and oxygen atoms in total. The van der Waals surface area contributed by atoms with Crippen molar-refractivity contribution in [1.82, 2.24) is 19.5 Å². The summed E-state index contributed by atoms with van der Waals surface area (Å²) in [6.07, 6.45) is -1.26. The smallest absolute Gasteiger partial charge is 0.278 e. The van der Waals surface area contributed by atoms with Crippen molar-refractivity contribution in [3.63, 3.8) is 0 Å². The Hall–Kier alpha value is -2.43. The molecule has 0 aliphatic carbocycles. The number of aliphatic hydroxyl groups is 3. The number of imidazole rings is 1. The van der Waals surface area contributed by atoms with Crippen LogP contribution >= 0.6 is 0 Å². The second-order valence-electron chi connectivity index (χ2n) is 3.98. The number of hydrogen-bond acceptors (Lipinski definition) is 8. The first-order chi connectivity index (χ1) is 9.47. The fourth-order valence-electron chi connectivity index (χ4n) is 1.60. The number of aromatic nitrogens is 4. The van der Waals surface area contributed by atoms with E-state index < -0.39 is 35.9 Å². The average molecular weight is 280 g/mol. The number of fused-ring (bicyclic) bond motifs is 1. The van der Waals surface area contributed by atoms with Gasteiger partial charge in [-0.15, -0.1) is 0 Å². The van der Waals surface area contributed by atoms with Gasteiger partial charge in [0, 0.05) is 0 Å². The molecule has 0 saturated heterocycles. The van der Waals surface area contributed by atoms with Crippen LogP contribution in [0.3, 0.4) is 0 Å². The average Bonchev–Trinajstić information content (AvgIpc) is 2.89. The molecule has 2 heterocycles. The maximum absolute atomic E-state index is 11.5. The van der Waals surface area contributed by atoms with Crippen LogP contribution < -0.4 is 5.56 Å². The summed E-state index contributed by atoms with van der Waals surface area (Å²) in [4.78, 5) is 21.4. The normalized spacial score (nSPS) is 14.2. The minimum Gasteiger partial charge on any atom is -0.390 e. The lowest BCUT2D eigenvalue weighted by Gasteiger charge is -2.18. The molecular weight excluding hydrogens is 268 g/mol. The van der Waals surface area contributed by atoms with Crippen molar-refractivity contribution < 1.29 is 15.3 Å². The molecule has 2 rings (SSSR count). The van der Waals surface area contributed by atoms with Crippen LogP contribution in [0.25, 0.3) is 11.2 Å². The van der Waals surface area contributed by atoms with Crippen molar-refractivity contribution in [3.8, 4) is 0 Å². The number of nitrogens with zero attached hydrogens (tertiary/aromatic N) is 3. The molecule has 106 valence electrons. The number of rotatable bonds is 4. The molecule has 0 spiro atoms. The van der Waals surface area contributed by atoms with Crippen LogP contribution in [0.4, 0.5) is 0 Å². The summed E-state index contributed by atoms with van der Waals surface area (Å²) in [5.74, 6) is -0.517. The Morgan fingerprint density at radius 1 is 1.35 bits per heavy atom. The van der Waals surface area contributed by atoms with Gasteiger partial charge in [0.05, 0.1) is 18.6 Å². The second kappa shape index (κ2) is 5.28. The Labute approximate surface area is 111 Å². The lowest BCUT2D eigenvalue weighted by molar-refractivity contribution is 0.0985. The van der Waals surface area contributed by atoms with Gasteiger partial charge in [0.1, 0.15) is 24.4 Å². The van der Waals surface area contributed by atoms with Crippen molar-refractivity contribution in [3.05, 3.63) is 23.0 Å². The van der Waals surface area contributed by atoms with Crippen LogP contribution in [0.15, 0.2) is 17.4 Å². The molecule has 0 amide bonds. The molecule has 0 saturated carbocycles. The molecule has 6 N–H and O–H groups in total. The van der Waals surface area contributed by atoms with Crippen LogP contribution in [0.1, 0.15) is 0 Å². The second-order valence-corrected chi connectivity index (χ2v) is 3.98. The van der Waals surface area contributed by atoms with Gasteiger partial charge in [0.2, 0.25) is 0 Å². The van der Waals surface area contributed by atoms with E-state index in [2.05, 4.69) is 15.0 Å². The molecule has 20 heavy (non-hydrogen) atoms. The van der Waals surface area contributed by atoms with E-state index in [9.17, 15) is 15.0 Å². The molecule has 0 radical (unpaired) electrons. The number of H-pyrrole nitrogens is 1. The molecule has 0 bridgehead atoms. The van der Waals surface area contributed by atoms with Crippen LogP contribution in [0, 0.1) is 10.8 Å². The summed E-state index contributed by atoms with van der Waals surface area (Å²) in [6.45, 7) is -0.742. The molecule has 10 heteroatoms. The van der Waals surface area contributed by atoms with Gasteiger partial charge in [-0.3, -0.25) is 14.8 Å². The molecule has 0 aliphatic heterocycles. The number of aromatic amines is 1. The van der Waals surface area contributed by atoms with E-state index in [1.165, 1.54) is 0 Å². The quantitative estimate of drug-likeness (QED) is 0.271. The molecule has 0 fully saturated rings. The van der Waals surface area contributed by atoms with Crippen molar-refractivity contribution in [1.29, 1.82) is 10.8 Å². The lowest BCUT2D eigenvalue weighted by atomic mass is 10.1. The largest absolute Gasteiger partial charge is 0.390 e. The van der Waals surface area contributed by atoms with Crippen LogP contribution in [0.5, 0.6) is 0 Å². The van der Waals surface area contributed by atoms with Gasteiger partial charge in [-0.05, 0) is 0 Å². The summed E-state index contributed by atoms with van der Waals surface area (Å²) < 4.78 is 1.02. The predicted octanol–water partition coefficient (Wildman–Crippen LogP) is -2.32. The number of aliphatic hydroxyl groups excluding tert-OH is 3. The van der Waals surface area contributed by atoms with E-state index in [4.69, 9.17) is 15.9 Å². The SMILES string of the molecule is N=C(CO)[C@H](O)[C@H](O)C(=N)n1cnc2c(=O)[nH]cnc21. The van der Waals surface area contributed by atoms with Gasteiger partial charge in [-0.1, -0.05) is 0 Å². The summed E-state index contributed by atoms with van der Waals surface area (Å²) in [5.41, 5.74) is -1.01. The maximum atomic E-state index is 11.5. The molecule has 0 unspecified atom stereocenters. The van der Waals surface area contributed by atoms with E-state index in [0.717, 1.165) is 17.2 Å². The highest BCUT2D eigenvalue weighted by Gasteiger charge is 2.27. The minimum absolute atomic E-state index is 0.0174. The van der Waals surface area contributed by atoms with Crippen molar-refractivity contribution in [2.45, 2.75) is 12.2 Å². The van der Waals surface area contributed by atoms with Gasteiger partial charge in [-0.2, -0.15) is 0 Å². The van der Waals surface area contributed by atoms with Crippen molar-refractivity contribution in [2.75, 3.05) is 6.61 Å². The first kappa shape index (κ1) is 14.0. The zero-order valence-corrected chi connectivity index (χ0v) is 10.1. The topological polar surface area (TPSA) is 172 Å².